The SMILES string of the molecule is COCCN(C(=O)c1cc(C)ccc1C#CCN)C(C)C. The maximum Gasteiger partial charge on any atom is 0.255 e. The molecule has 4 heteroatoms. The molecule has 0 aliphatic heterocycles. The third kappa shape index (κ3) is 4.89. The van der Waals surface area contributed by atoms with Crippen LogP contribution >= 0.6 is 0 Å². The van der Waals surface area contributed by atoms with E-state index in [-0.39, 0.29) is 18.5 Å². The van der Waals surface area contributed by atoms with Crippen LogP contribution in [0.15, 0.2) is 18.2 Å². The average molecular weight is 288 g/mol. The molecule has 0 radical (unpaired) electrons. The highest BCUT2D eigenvalue weighted by Gasteiger charge is 2.20. The fourth-order valence-corrected chi connectivity index (χ4v) is 2.03. The summed E-state index contributed by atoms with van der Waals surface area (Å²) in [4.78, 5) is 14.6. The summed E-state index contributed by atoms with van der Waals surface area (Å²) in [6.45, 7) is 7.30. The lowest BCUT2D eigenvalue weighted by Gasteiger charge is -2.27. The van der Waals surface area contributed by atoms with Crippen LogP contribution in [-0.4, -0.2) is 43.7 Å². The van der Waals surface area contributed by atoms with Crippen LogP contribution in [0.2, 0.25) is 0 Å². The predicted octanol–water partition coefficient (Wildman–Crippen LogP) is 1.80. The largest absolute Gasteiger partial charge is 0.383 e. The van der Waals surface area contributed by atoms with Gasteiger partial charge < -0.3 is 15.4 Å². The third-order valence-electron chi connectivity index (χ3n) is 3.15. The highest BCUT2D eigenvalue weighted by atomic mass is 16.5. The molecule has 114 valence electrons. The monoisotopic (exact) mass is 288 g/mol. The Balaban J connectivity index is 3.16. The molecule has 2 N–H and O–H groups in total. The van der Waals surface area contributed by atoms with Crippen molar-refractivity contribution in [2.75, 3.05) is 26.8 Å². The van der Waals surface area contributed by atoms with E-state index in [1.165, 1.54) is 0 Å². The van der Waals surface area contributed by atoms with Crippen molar-refractivity contribution < 1.29 is 9.53 Å². The number of nitrogens with zero attached hydrogens (tertiary/aromatic N) is 1. The molecule has 4 nitrogen and oxygen atoms in total. The van der Waals surface area contributed by atoms with Crippen LogP contribution in [0.4, 0.5) is 0 Å². The maximum absolute atomic E-state index is 12.8. The number of aryl methyl sites for hydroxylation is 1. The summed E-state index contributed by atoms with van der Waals surface area (Å²) in [5.41, 5.74) is 7.80. The Morgan fingerprint density at radius 1 is 1.43 bits per heavy atom. The first-order chi connectivity index (χ1) is 10.0. The predicted molar refractivity (Wildman–Crippen MR) is 85.2 cm³/mol. The van der Waals surface area contributed by atoms with E-state index < -0.39 is 0 Å². The van der Waals surface area contributed by atoms with Crippen molar-refractivity contribution in [3.8, 4) is 11.8 Å². The number of hydrogen-bond acceptors (Lipinski definition) is 3. The van der Waals surface area contributed by atoms with E-state index in [2.05, 4.69) is 11.8 Å². The van der Waals surface area contributed by atoms with Gasteiger partial charge in [-0.3, -0.25) is 4.79 Å². The Bertz CT molecular complexity index is 541. The van der Waals surface area contributed by atoms with E-state index in [0.717, 1.165) is 11.1 Å². The van der Waals surface area contributed by atoms with Gasteiger partial charge in [-0.25, -0.2) is 0 Å². The fraction of sp³-hybridized carbons (Fsp3) is 0.471. The van der Waals surface area contributed by atoms with Crippen molar-refractivity contribution >= 4 is 5.91 Å². The van der Waals surface area contributed by atoms with Crippen LogP contribution in [-0.2, 0) is 4.74 Å². The van der Waals surface area contributed by atoms with Gasteiger partial charge in [-0.1, -0.05) is 23.5 Å². The van der Waals surface area contributed by atoms with E-state index in [1.807, 2.05) is 39.0 Å². The molecule has 0 aromatic heterocycles. The van der Waals surface area contributed by atoms with E-state index in [4.69, 9.17) is 10.5 Å². The van der Waals surface area contributed by atoms with Gasteiger partial charge in [-0.15, -0.1) is 0 Å². The zero-order valence-corrected chi connectivity index (χ0v) is 13.3. The Hall–Kier alpha value is -1.83. The lowest BCUT2D eigenvalue weighted by Crippen LogP contribution is -2.39. The first kappa shape index (κ1) is 17.2. The molecular weight excluding hydrogens is 264 g/mol. The zero-order valence-electron chi connectivity index (χ0n) is 13.3. The van der Waals surface area contributed by atoms with Crippen LogP contribution in [0, 0.1) is 18.8 Å². The van der Waals surface area contributed by atoms with Gasteiger partial charge in [0.15, 0.2) is 0 Å². The average Bonchev–Trinajstić information content (AvgIpc) is 2.45. The van der Waals surface area contributed by atoms with Gasteiger partial charge in [0, 0.05) is 25.3 Å². The van der Waals surface area contributed by atoms with Gasteiger partial charge >= 0.3 is 0 Å². The molecule has 1 amide bonds. The van der Waals surface area contributed by atoms with Gasteiger partial charge in [0.25, 0.3) is 5.91 Å². The van der Waals surface area contributed by atoms with Gasteiger partial charge in [0.1, 0.15) is 0 Å². The molecule has 0 saturated heterocycles. The van der Waals surface area contributed by atoms with Crippen LogP contribution < -0.4 is 5.73 Å². The molecule has 1 aromatic rings. The molecule has 0 bridgehead atoms. The second-order valence-electron chi connectivity index (χ2n) is 5.14. The molecule has 1 rings (SSSR count). The third-order valence-corrected chi connectivity index (χ3v) is 3.15. The first-order valence-electron chi connectivity index (χ1n) is 7.10. The minimum atomic E-state index is -0.0212. The van der Waals surface area contributed by atoms with Crippen molar-refractivity contribution in [3.05, 3.63) is 34.9 Å². The molecule has 0 fully saturated rings. The highest BCUT2D eigenvalue weighted by molar-refractivity contribution is 5.97. The van der Waals surface area contributed by atoms with Crippen molar-refractivity contribution in [1.29, 1.82) is 0 Å². The van der Waals surface area contributed by atoms with Gasteiger partial charge in [-0.05, 0) is 32.9 Å². The summed E-state index contributed by atoms with van der Waals surface area (Å²) in [6.07, 6.45) is 0. The summed E-state index contributed by atoms with van der Waals surface area (Å²) in [5, 5.41) is 0. The molecule has 0 aliphatic carbocycles. The fourth-order valence-electron chi connectivity index (χ4n) is 2.03. The summed E-state index contributed by atoms with van der Waals surface area (Å²) in [5.74, 6) is 5.77. The van der Waals surface area contributed by atoms with Crippen LogP contribution in [0.1, 0.15) is 35.3 Å². The molecule has 0 spiro atoms. The number of rotatable bonds is 5. The van der Waals surface area contributed by atoms with Gasteiger partial charge in [0.05, 0.1) is 18.7 Å². The first-order valence-corrected chi connectivity index (χ1v) is 7.10. The quantitative estimate of drug-likeness (QED) is 0.841. The maximum atomic E-state index is 12.8. The number of nitrogens with two attached hydrogens (primary N) is 1. The number of ether oxygens (including phenoxy) is 1. The molecule has 0 heterocycles. The molecule has 1 aromatic carbocycles. The Morgan fingerprint density at radius 3 is 2.71 bits per heavy atom. The smallest absolute Gasteiger partial charge is 0.255 e. The summed E-state index contributed by atoms with van der Waals surface area (Å²) in [6, 6.07) is 5.81. The van der Waals surface area contributed by atoms with Gasteiger partial charge in [-0.2, -0.15) is 0 Å². The number of carbonyl (C=O) groups excluding carboxylic acids is 1. The number of amides is 1. The Morgan fingerprint density at radius 2 is 2.14 bits per heavy atom. The van der Waals surface area contributed by atoms with Crippen molar-refractivity contribution in [3.63, 3.8) is 0 Å². The molecule has 0 unspecified atom stereocenters. The number of benzene rings is 1. The summed E-state index contributed by atoms with van der Waals surface area (Å²) in [7, 11) is 1.63. The van der Waals surface area contributed by atoms with Crippen molar-refractivity contribution in [1.82, 2.24) is 4.90 Å². The van der Waals surface area contributed by atoms with Crippen molar-refractivity contribution in [2.45, 2.75) is 26.8 Å². The topological polar surface area (TPSA) is 55.6 Å². The van der Waals surface area contributed by atoms with E-state index >= 15 is 0 Å². The zero-order chi connectivity index (χ0) is 15.8. The Kier molecular flexibility index (Phi) is 6.93. The second-order valence-corrected chi connectivity index (χ2v) is 5.14. The second kappa shape index (κ2) is 8.46. The highest BCUT2D eigenvalue weighted by Crippen LogP contribution is 2.15. The minimum absolute atomic E-state index is 0.0212. The van der Waals surface area contributed by atoms with E-state index in [9.17, 15) is 4.79 Å². The molecule has 0 aliphatic rings. The minimum Gasteiger partial charge on any atom is -0.383 e. The molecular formula is C17H24N2O2. The lowest BCUT2D eigenvalue weighted by molar-refractivity contribution is 0.0634. The van der Waals surface area contributed by atoms with Gasteiger partial charge in [0.2, 0.25) is 0 Å². The number of carbonyl (C=O) groups is 1. The van der Waals surface area contributed by atoms with Crippen LogP contribution in [0.25, 0.3) is 0 Å². The van der Waals surface area contributed by atoms with Crippen LogP contribution in [0.5, 0.6) is 0 Å². The lowest BCUT2D eigenvalue weighted by atomic mass is 10.0. The molecule has 0 atom stereocenters. The summed E-state index contributed by atoms with van der Waals surface area (Å²) >= 11 is 0. The van der Waals surface area contributed by atoms with E-state index in [1.54, 1.807) is 12.0 Å². The number of methoxy groups -OCH3 is 1. The standard InChI is InChI=1S/C17H24N2O2/c1-13(2)19(10-11-21-4)17(20)16-12-14(3)7-8-15(16)6-5-9-18/h7-8,12-13H,9-11,18H2,1-4H3. The Labute approximate surface area is 127 Å². The van der Waals surface area contributed by atoms with E-state index in [0.29, 0.717) is 18.7 Å². The molecule has 21 heavy (non-hydrogen) atoms. The van der Waals surface area contributed by atoms with Crippen LogP contribution in [0.3, 0.4) is 0 Å². The van der Waals surface area contributed by atoms with Crippen molar-refractivity contribution in [2.24, 2.45) is 5.73 Å². The summed E-state index contributed by atoms with van der Waals surface area (Å²) < 4.78 is 5.09. The normalized spacial score (nSPS) is 10.2. The number of hydrogen-bond donors (Lipinski definition) is 1. The molecule has 0 saturated carbocycles.